The van der Waals surface area contributed by atoms with E-state index in [0.29, 0.717) is 24.8 Å². The highest BCUT2D eigenvalue weighted by Gasteiger charge is 2.09. The van der Waals surface area contributed by atoms with Crippen molar-refractivity contribution in [2.45, 2.75) is 26.4 Å². The average molecular weight is 274 g/mol. The summed E-state index contributed by atoms with van der Waals surface area (Å²) in [5, 5.41) is 0. The molecule has 0 fully saturated rings. The maximum Gasteiger partial charge on any atom is 0.261 e. The van der Waals surface area contributed by atoms with E-state index < -0.39 is 18.1 Å². The highest BCUT2D eigenvalue weighted by atomic mass is 28.2. The zero-order valence-corrected chi connectivity index (χ0v) is 11.4. The van der Waals surface area contributed by atoms with Crippen LogP contribution in [0.15, 0.2) is 18.2 Å². The van der Waals surface area contributed by atoms with Gasteiger partial charge in [0.25, 0.3) is 6.48 Å². The Bertz CT molecular complexity index is 357. The molecule has 6 heteroatoms. The SMILES string of the molecule is CCOC(OCC)O[Si]Cc1ccc(F)c(F)c1. The smallest absolute Gasteiger partial charge is 0.261 e. The van der Waals surface area contributed by atoms with Crippen LogP contribution in [0.5, 0.6) is 0 Å². The van der Waals surface area contributed by atoms with Crippen LogP contribution in [0.25, 0.3) is 0 Å². The molecule has 1 aromatic rings. The zero-order chi connectivity index (χ0) is 13.4. The highest BCUT2D eigenvalue weighted by molar-refractivity contribution is 6.26. The Labute approximate surface area is 108 Å². The van der Waals surface area contributed by atoms with Crippen LogP contribution < -0.4 is 0 Å². The molecule has 0 spiro atoms. The summed E-state index contributed by atoms with van der Waals surface area (Å²) in [7, 11) is 0.0637. The molecule has 0 bridgehead atoms. The molecule has 0 amide bonds. The predicted molar refractivity (Wildman–Crippen MR) is 63.9 cm³/mol. The first-order chi connectivity index (χ1) is 8.67. The standard InChI is InChI=1S/C12H16F2O3Si/c1-3-15-12(16-4-2)17-18-8-9-5-6-10(13)11(14)7-9/h5-7,12H,3-4,8H2,1-2H3. The lowest BCUT2D eigenvalue weighted by Crippen LogP contribution is -2.24. The zero-order valence-electron chi connectivity index (χ0n) is 10.4. The number of hydrogen-bond acceptors (Lipinski definition) is 3. The maximum atomic E-state index is 12.9. The van der Waals surface area contributed by atoms with Gasteiger partial charge in [0.2, 0.25) is 9.76 Å². The normalized spacial score (nSPS) is 11.2. The first-order valence-electron chi connectivity index (χ1n) is 5.73. The lowest BCUT2D eigenvalue weighted by Gasteiger charge is -2.16. The van der Waals surface area contributed by atoms with E-state index in [1.54, 1.807) is 0 Å². The quantitative estimate of drug-likeness (QED) is 0.538. The van der Waals surface area contributed by atoms with Crippen LogP contribution in [0.3, 0.4) is 0 Å². The minimum absolute atomic E-state index is 0.0637. The van der Waals surface area contributed by atoms with Crippen molar-refractivity contribution in [3.8, 4) is 0 Å². The van der Waals surface area contributed by atoms with E-state index in [1.807, 2.05) is 13.8 Å². The van der Waals surface area contributed by atoms with E-state index in [4.69, 9.17) is 13.9 Å². The van der Waals surface area contributed by atoms with Gasteiger partial charge in [0.15, 0.2) is 11.6 Å². The Morgan fingerprint density at radius 3 is 2.33 bits per heavy atom. The Balaban J connectivity index is 2.37. The Hall–Kier alpha value is -0.823. The van der Waals surface area contributed by atoms with E-state index in [1.165, 1.54) is 12.1 Å². The van der Waals surface area contributed by atoms with Gasteiger partial charge in [-0.1, -0.05) is 6.07 Å². The van der Waals surface area contributed by atoms with E-state index in [-0.39, 0.29) is 9.76 Å². The van der Waals surface area contributed by atoms with Crippen LogP contribution in [-0.2, 0) is 19.9 Å². The van der Waals surface area contributed by atoms with Gasteiger partial charge < -0.3 is 13.9 Å². The van der Waals surface area contributed by atoms with E-state index in [2.05, 4.69) is 0 Å². The van der Waals surface area contributed by atoms with Gasteiger partial charge in [-0.15, -0.1) is 0 Å². The molecule has 0 aliphatic heterocycles. The van der Waals surface area contributed by atoms with Crippen LogP contribution in [0.4, 0.5) is 8.78 Å². The third kappa shape index (κ3) is 5.22. The lowest BCUT2D eigenvalue weighted by atomic mass is 10.2. The number of rotatable bonds is 8. The van der Waals surface area contributed by atoms with Gasteiger partial charge in [0.05, 0.1) is 0 Å². The van der Waals surface area contributed by atoms with E-state index in [9.17, 15) is 8.78 Å². The Morgan fingerprint density at radius 2 is 1.78 bits per heavy atom. The molecule has 3 nitrogen and oxygen atoms in total. The molecule has 0 aromatic heterocycles. The molecule has 0 heterocycles. The first kappa shape index (κ1) is 15.2. The molecule has 0 saturated carbocycles. The second kappa shape index (κ2) is 8.31. The fourth-order valence-corrected chi connectivity index (χ4v) is 1.97. The molecule has 0 aliphatic carbocycles. The van der Waals surface area contributed by atoms with Crippen molar-refractivity contribution < 1.29 is 22.7 Å². The molecule has 0 saturated heterocycles. The van der Waals surface area contributed by atoms with Crippen molar-refractivity contribution in [1.82, 2.24) is 0 Å². The summed E-state index contributed by atoms with van der Waals surface area (Å²) in [5.41, 5.74) is 0.680. The molecular formula is C12H16F2O3Si. The minimum atomic E-state index is -0.844. The molecular weight excluding hydrogens is 258 g/mol. The van der Waals surface area contributed by atoms with Gasteiger partial charge in [-0.3, -0.25) is 0 Å². The van der Waals surface area contributed by atoms with Crippen LogP contribution in [0, 0.1) is 11.6 Å². The third-order valence-electron chi connectivity index (χ3n) is 2.05. The van der Waals surface area contributed by atoms with E-state index >= 15 is 0 Å². The van der Waals surface area contributed by atoms with Crippen LogP contribution >= 0.6 is 0 Å². The van der Waals surface area contributed by atoms with Gasteiger partial charge in [-0.2, -0.15) is 0 Å². The Kier molecular flexibility index (Phi) is 7.03. The van der Waals surface area contributed by atoms with Gasteiger partial charge in [0, 0.05) is 13.2 Å². The summed E-state index contributed by atoms with van der Waals surface area (Å²) in [4.78, 5) is 0. The van der Waals surface area contributed by atoms with Crippen molar-refractivity contribution in [3.63, 3.8) is 0 Å². The third-order valence-corrected chi connectivity index (χ3v) is 2.96. The highest BCUT2D eigenvalue weighted by Crippen LogP contribution is 2.09. The predicted octanol–water partition coefficient (Wildman–Crippen LogP) is 2.46. The molecule has 18 heavy (non-hydrogen) atoms. The van der Waals surface area contributed by atoms with Crippen LogP contribution in [-0.4, -0.2) is 29.5 Å². The van der Waals surface area contributed by atoms with Crippen LogP contribution in [0.2, 0.25) is 0 Å². The van der Waals surface area contributed by atoms with Crippen molar-refractivity contribution in [1.29, 1.82) is 0 Å². The lowest BCUT2D eigenvalue weighted by molar-refractivity contribution is -0.243. The number of benzene rings is 1. The molecule has 0 atom stereocenters. The molecule has 1 rings (SSSR count). The second-order valence-electron chi connectivity index (χ2n) is 3.39. The van der Waals surface area contributed by atoms with Crippen molar-refractivity contribution in [3.05, 3.63) is 35.4 Å². The molecule has 100 valence electrons. The number of hydrogen-bond donors (Lipinski definition) is 0. The van der Waals surface area contributed by atoms with Crippen molar-refractivity contribution in [2.75, 3.05) is 13.2 Å². The number of ether oxygens (including phenoxy) is 2. The van der Waals surface area contributed by atoms with Gasteiger partial charge in [-0.25, -0.2) is 8.78 Å². The van der Waals surface area contributed by atoms with Gasteiger partial charge in [0.1, 0.15) is 0 Å². The van der Waals surface area contributed by atoms with Crippen LogP contribution in [0.1, 0.15) is 19.4 Å². The average Bonchev–Trinajstić information content (AvgIpc) is 2.34. The summed E-state index contributed by atoms with van der Waals surface area (Å²) in [6.07, 6.45) is 0. The second-order valence-corrected chi connectivity index (χ2v) is 4.26. The summed E-state index contributed by atoms with van der Waals surface area (Å²) in [6, 6.07) is 4.30. The summed E-state index contributed by atoms with van der Waals surface area (Å²) < 4.78 is 41.4. The Morgan fingerprint density at radius 1 is 1.11 bits per heavy atom. The monoisotopic (exact) mass is 274 g/mol. The summed E-state index contributed by atoms with van der Waals surface area (Å²) in [5.74, 6) is -1.69. The fraction of sp³-hybridized carbons (Fsp3) is 0.500. The first-order valence-corrected chi connectivity index (χ1v) is 6.84. The van der Waals surface area contributed by atoms with Crippen molar-refractivity contribution >= 4 is 9.76 Å². The molecule has 0 N–H and O–H groups in total. The van der Waals surface area contributed by atoms with Gasteiger partial charge >= 0.3 is 0 Å². The molecule has 1 aromatic carbocycles. The minimum Gasteiger partial charge on any atom is -0.372 e. The molecule has 2 radical (unpaired) electrons. The summed E-state index contributed by atoms with van der Waals surface area (Å²) in [6.45, 7) is 3.96. The molecule has 0 unspecified atom stereocenters. The largest absolute Gasteiger partial charge is 0.372 e. The fourth-order valence-electron chi connectivity index (χ4n) is 1.23. The maximum absolute atomic E-state index is 12.9. The summed E-state index contributed by atoms with van der Waals surface area (Å²) >= 11 is 0. The molecule has 0 aliphatic rings. The van der Waals surface area contributed by atoms with E-state index in [0.717, 1.165) is 6.07 Å². The van der Waals surface area contributed by atoms with Gasteiger partial charge in [-0.05, 0) is 37.6 Å². The topological polar surface area (TPSA) is 27.7 Å². The number of halogens is 2. The van der Waals surface area contributed by atoms with Crippen molar-refractivity contribution in [2.24, 2.45) is 0 Å².